The van der Waals surface area contributed by atoms with Crippen LogP contribution in [0.5, 0.6) is 0 Å². The molecule has 0 bridgehead atoms. The van der Waals surface area contributed by atoms with Gasteiger partial charge in [0.1, 0.15) is 11.6 Å². The Bertz CT molecular complexity index is 1170. The second kappa shape index (κ2) is 8.41. The minimum absolute atomic E-state index is 0.140. The Hall–Kier alpha value is -3.60. The number of furan rings is 1. The van der Waals surface area contributed by atoms with Crippen LogP contribution in [0.2, 0.25) is 0 Å². The third kappa shape index (κ3) is 4.06. The zero-order chi connectivity index (χ0) is 21.1. The molecule has 0 aliphatic carbocycles. The summed E-state index contributed by atoms with van der Waals surface area (Å²) >= 11 is 1.35. The predicted octanol–water partition coefficient (Wildman–Crippen LogP) is 2.93. The van der Waals surface area contributed by atoms with E-state index in [9.17, 15) is 0 Å². The molecular formula is C19H21N9OS. The summed E-state index contributed by atoms with van der Waals surface area (Å²) in [5, 5.41) is 12.1. The molecule has 4 rings (SSSR count). The van der Waals surface area contributed by atoms with Crippen LogP contribution in [0.3, 0.4) is 0 Å². The van der Waals surface area contributed by atoms with Gasteiger partial charge in [0.15, 0.2) is 5.82 Å². The molecule has 0 fully saturated rings. The zero-order valence-electron chi connectivity index (χ0n) is 16.5. The van der Waals surface area contributed by atoms with Crippen molar-refractivity contribution in [1.82, 2.24) is 29.8 Å². The average molecular weight is 424 g/mol. The van der Waals surface area contributed by atoms with E-state index < -0.39 is 0 Å². The van der Waals surface area contributed by atoms with Gasteiger partial charge in [0, 0.05) is 5.69 Å². The summed E-state index contributed by atoms with van der Waals surface area (Å²) in [6, 6.07) is 9.78. The summed E-state index contributed by atoms with van der Waals surface area (Å²) in [5.41, 5.74) is 8.78. The van der Waals surface area contributed by atoms with E-state index in [1.165, 1.54) is 16.4 Å². The fraction of sp³-hybridized carbons (Fsp3) is 0.211. The molecule has 0 radical (unpaired) electrons. The van der Waals surface area contributed by atoms with Crippen molar-refractivity contribution in [1.29, 1.82) is 0 Å². The number of hydrogen-bond acceptors (Lipinski definition) is 10. The molecule has 10 nitrogen and oxygen atoms in total. The van der Waals surface area contributed by atoms with Gasteiger partial charge in [-0.05, 0) is 31.0 Å². The number of rotatable bonds is 7. The first-order valence-corrected chi connectivity index (χ1v) is 10.3. The molecular weight excluding hydrogens is 402 g/mol. The first-order valence-electron chi connectivity index (χ1n) is 9.28. The number of para-hydroxylation sites is 1. The number of aryl methyl sites for hydroxylation is 2. The number of anilines is 3. The number of nitrogens with two attached hydrogens (primary N) is 2. The van der Waals surface area contributed by atoms with Gasteiger partial charge in [-0.3, -0.25) is 0 Å². The second-order valence-corrected chi connectivity index (χ2v) is 7.37. The molecule has 0 unspecified atom stereocenters. The van der Waals surface area contributed by atoms with E-state index >= 15 is 0 Å². The Morgan fingerprint density at radius 2 is 1.97 bits per heavy atom. The maximum Gasteiger partial charge on any atom is 0.232 e. The molecule has 0 aliphatic rings. The number of aromatic nitrogens is 6. The van der Waals surface area contributed by atoms with Crippen LogP contribution in [-0.2, 0) is 12.2 Å². The first kappa shape index (κ1) is 19.7. The summed E-state index contributed by atoms with van der Waals surface area (Å²) in [6.07, 6.45) is 2.47. The van der Waals surface area contributed by atoms with Crippen molar-refractivity contribution >= 4 is 29.3 Å². The molecule has 0 spiro atoms. The first-order chi connectivity index (χ1) is 14.5. The normalized spacial score (nSPS) is 11.0. The van der Waals surface area contributed by atoms with Crippen LogP contribution in [0.1, 0.15) is 24.1 Å². The van der Waals surface area contributed by atoms with Crippen molar-refractivity contribution in [3.05, 3.63) is 53.7 Å². The standard InChI is InChI=1S/C19H21N9OS/c1-3-12-6-4-5-7-14(12)22-18-24-15(23-17(20)25-18)10-30-19-27-26-16(28(19)21)13-8-9-29-11(13)2/h4-9H,3,10,21H2,1-2H3,(H3,20,22,23,24,25). The van der Waals surface area contributed by atoms with E-state index in [0.717, 1.165) is 29.0 Å². The summed E-state index contributed by atoms with van der Waals surface area (Å²) < 4.78 is 6.73. The SMILES string of the molecule is CCc1ccccc1Nc1nc(N)nc(CSc2nnc(-c3ccoc3C)n2N)n1. The lowest BCUT2D eigenvalue weighted by atomic mass is 10.1. The summed E-state index contributed by atoms with van der Waals surface area (Å²) in [4.78, 5) is 12.9. The number of nitrogens with one attached hydrogen (secondary N) is 1. The van der Waals surface area contributed by atoms with Crippen LogP contribution in [0, 0.1) is 6.92 Å². The molecule has 30 heavy (non-hydrogen) atoms. The molecule has 0 amide bonds. The molecule has 4 aromatic rings. The Morgan fingerprint density at radius 1 is 1.13 bits per heavy atom. The highest BCUT2D eigenvalue weighted by Gasteiger charge is 2.16. The summed E-state index contributed by atoms with van der Waals surface area (Å²) in [7, 11) is 0. The quantitative estimate of drug-likeness (QED) is 0.299. The van der Waals surface area contributed by atoms with Crippen molar-refractivity contribution in [2.75, 3.05) is 16.9 Å². The zero-order valence-corrected chi connectivity index (χ0v) is 17.3. The third-order valence-corrected chi connectivity index (χ3v) is 5.38. The maximum atomic E-state index is 6.16. The monoisotopic (exact) mass is 423 g/mol. The van der Waals surface area contributed by atoms with Crippen LogP contribution < -0.4 is 16.9 Å². The largest absolute Gasteiger partial charge is 0.469 e. The highest BCUT2D eigenvalue weighted by atomic mass is 32.2. The van der Waals surface area contributed by atoms with Crippen LogP contribution in [0.25, 0.3) is 11.4 Å². The highest BCUT2D eigenvalue weighted by molar-refractivity contribution is 7.98. The van der Waals surface area contributed by atoms with Gasteiger partial charge in [-0.25, -0.2) is 4.68 Å². The van der Waals surface area contributed by atoms with Crippen LogP contribution in [0.15, 0.2) is 46.2 Å². The van der Waals surface area contributed by atoms with Crippen LogP contribution in [-0.4, -0.2) is 29.8 Å². The van der Waals surface area contributed by atoms with Gasteiger partial charge in [0.05, 0.1) is 17.6 Å². The average Bonchev–Trinajstić information content (AvgIpc) is 3.31. The molecule has 3 aromatic heterocycles. The van der Waals surface area contributed by atoms with E-state index in [0.29, 0.717) is 28.5 Å². The lowest BCUT2D eigenvalue weighted by Gasteiger charge is -2.10. The minimum Gasteiger partial charge on any atom is -0.469 e. The lowest BCUT2D eigenvalue weighted by Crippen LogP contribution is -2.12. The minimum atomic E-state index is 0.140. The fourth-order valence-corrected chi connectivity index (χ4v) is 3.65. The molecule has 3 heterocycles. The number of nitrogen functional groups attached to an aromatic ring is 2. The topological polar surface area (TPSA) is 147 Å². The predicted molar refractivity (Wildman–Crippen MR) is 116 cm³/mol. The van der Waals surface area contributed by atoms with Gasteiger partial charge in [-0.15, -0.1) is 10.2 Å². The maximum absolute atomic E-state index is 6.16. The molecule has 1 aromatic carbocycles. The van der Waals surface area contributed by atoms with Gasteiger partial charge in [-0.2, -0.15) is 15.0 Å². The molecule has 0 atom stereocenters. The molecule has 154 valence electrons. The Kier molecular flexibility index (Phi) is 5.53. The number of nitrogens with zero attached hydrogens (tertiary/aromatic N) is 6. The van der Waals surface area contributed by atoms with Gasteiger partial charge < -0.3 is 21.3 Å². The van der Waals surface area contributed by atoms with Crippen molar-refractivity contribution in [3.8, 4) is 11.4 Å². The summed E-state index contributed by atoms with van der Waals surface area (Å²) in [6.45, 7) is 3.93. The molecule has 0 saturated heterocycles. The Morgan fingerprint density at radius 3 is 2.73 bits per heavy atom. The molecule has 0 saturated carbocycles. The number of benzene rings is 1. The lowest BCUT2D eigenvalue weighted by molar-refractivity contribution is 0.535. The molecule has 11 heteroatoms. The van der Waals surface area contributed by atoms with E-state index in [-0.39, 0.29) is 5.95 Å². The van der Waals surface area contributed by atoms with Crippen molar-refractivity contribution in [2.45, 2.75) is 31.2 Å². The van der Waals surface area contributed by atoms with Gasteiger partial charge in [0.2, 0.25) is 17.1 Å². The Balaban J connectivity index is 1.51. The van der Waals surface area contributed by atoms with Crippen molar-refractivity contribution in [3.63, 3.8) is 0 Å². The Labute approximate surface area is 177 Å². The molecule has 0 aliphatic heterocycles. The highest BCUT2D eigenvalue weighted by Crippen LogP contribution is 2.26. The smallest absolute Gasteiger partial charge is 0.232 e. The van der Waals surface area contributed by atoms with Crippen molar-refractivity contribution in [2.24, 2.45) is 0 Å². The van der Waals surface area contributed by atoms with E-state index in [4.69, 9.17) is 16.0 Å². The van der Waals surface area contributed by atoms with Crippen LogP contribution in [0.4, 0.5) is 17.6 Å². The van der Waals surface area contributed by atoms with E-state index in [2.05, 4.69) is 43.5 Å². The van der Waals surface area contributed by atoms with Crippen LogP contribution >= 0.6 is 11.8 Å². The van der Waals surface area contributed by atoms with Crippen molar-refractivity contribution < 1.29 is 4.42 Å². The van der Waals surface area contributed by atoms with E-state index in [1.54, 1.807) is 12.3 Å². The second-order valence-electron chi connectivity index (χ2n) is 6.42. The molecule has 5 N–H and O–H groups in total. The van der Waals surface area contributed by atoms with Gasteiger partial charge in [0.25, 0.3) is 0 Å². The fourth-order valence-electron chi connectivity index (χ4n) is 2.93. The third-order valence-electron chi connectivity index (χ3n) is 4.44. The number of hydrogen-bond donors (Lipinski definition) is 3. The van der Waals surface area contributed by atoms with E-state index in [1.807, 2.05) is 25.1 Å². The summed E-state index contributed by atoms with van der Waals surface area (Å²) in [5.74, 6) is 8.85. The van der Waals surface area contributed by atoms with Gasteiger partial charge >= 0.3 is 0 Å². The number of thioether (sulfide) groups is 1. The van der Waals surface area contributed by atoms with Gasteiger partial charge in [-0.1, -0.05) is 36.9 Å².